The molecule has 0 spiro atoms. The molecule has 6 heteroatoms. The molecular weight excluding hydrogens is 781 g/mol. The molecule has 0 radical (unpaired) electrons. The summed E-state index contributed by atoms with van der Waals surface area (Å²) in [7, 11) is 0. The van der Waals surface area contributed by atoms with E-state index in [-0.39, 0.29) is 0 Å². The van der Waals surface area contributed by atoms with Crippen LogP contribution in [0.4, 0.5) is 5.69 Å². The molecule has 7 aromatic carbocycles. The highest BCUT2D eigenvalue weighted by molar-refractivity contribution is 6.12. The Kier molecular flexibility index (Phi) is 8.77. The second kappa shape index (κ2) is 15.2. The van der Waals surface area contributed by atoms with E-state index < -0.39 is 0 Å². The van der Waals surface area contributed by atoms with Crippen LogP contribution in [-0.2, 0) is 0 Å². The molecule has 5 heterocycles. The van der Waals surface area contributed by atoms with Crippen LogP contribution in [0, 0.1) is 6.57 Å². The molecule has 0 aliphatic carbocycles. The van der Waals surface area contributed by atoms with Crippen LogP contribution in [-0.4, -0.2) is 24.1 Å². The summed E-state index contributed by atoms with van der Waals surface area (Å²) >= 11 is 0. The van der Waals surface area contributed by atoms with Crippen molar-refractivity contribution in [3.63, 3.8) is 0 Å². The molecule has 0 saturated heterocycles. The van der Waals surface area contributed by atoms with Gasteiger partial charge >= 0.3 is 0 Å². The predicted octanol–water partition coefficient (Wildman–Crippen LogP) is 15.0. The average molecular weight is 817 g/mol. The lowest BCUT2D eigenvalue weighted by Crippen LogP contribution is -2.03. The molecule has 12 aromatic rings. The molecule has 0 aliphatic heterocycles. The van der Waals surface area contributed by atoms with Gasteiger partial charge in [0.2, 0.25) is 0 Å². The van der Waals surface area contributed by atoms with Crippen LogP contribution in [0.3, 0.4) is 0 Å². The molecule has 298 valence electrons. The molecule has 64 heavy (non-hydrogen) atoms. The maximum absolute atomic E-state index is 7.92. The molecular formula is C58H36N6. The summed E-state index contributed by atoms with van der Waals surface area (Å²) in [6.07, 6.45) is 5.92. The van der Waals surface area contributed by atoms with Gasteiger partial charge in [-0.15, -0.1) is 0 Å². The van der Waals surface area contributed by atoms with Gasteiger partial charge in [0.25, 0.3) is 0 Å². The lowest BCUT2D eigenvalue weighted by molar-refractivity contribution is 1.06. The monoisotopic (exact) mass is 816 g/mol. The highest BCUT2D eigenvalue weighted by Crippen LogP contribution is 2.41. The molecule has 5 aromatic heterocycles. The molecule has 0 aliphatic rings. The molecule has 0 atom stereocenters. The lowest BCUT2D eigenvalue weighted by atomic mass is 10.0. The fraction of sp³-hybridized carbons (Fsp3) is 0. The number of hydrogen-bond acceptors (Lipinski definition) is 3. The number of fused-ring (bicyclic) bond motifs is 6. The van der Waals surface area contributed by atoms with Crippen molar-refractivity contribution in [1.29, 1.82) is 0 Å². The van der Waals surface area contributed by atoms with Crippen LogP contribution in [0.2, 0.25) is 0 Å². The van der Waals surface area contributed by atoms with E-state index in [0.29, 0.717) is 5.69 Å². The van der Waals surface area contributed by atoms with Gasteiger partial charge < -0.3 is 4.57 Å². The van der Waals surface area contributed by atoms with Crippen LogP contribution in [0.5, 0.6) is 0 Å². The van der Waals surface area contributed by atoms with Gasteiger partial charge in [-0.1, -0.05) is 140 Å². The number of benzene rings is 7. The van der Waals surface area contributed by atoms with E-state index in [2.05, 4.69) is 160 Å². The van der Waals surface area contributed by atoms with Crippen LogP contribution >= 0.6 is 0 Å². The first-order valence-electron chi connectivity index (χ1n) is 21.3. The first-order chi connectivity index (χ1) is 31.7. The van der Waals surface area contributed by atoms with Crippen molar-refractivity contribution in [3.05, 3.63) is 230 Å². The van der Waals surface area contributed by atoms with E-state index in [1.165, 1.54) is 0 Å². The third-order valence-corrected chi connectivity index (χ3v) is 12.3. The Morgan fingerprint density at radius 2 is 0.844 bits per heavy atom. The molecule has 0 unspecified atom stereocenters. The van der Waals surface area contributed by atoms with Crippen molar-refractivity contribution in [3.8, 4) is 67.4 Å². The minimum absolute atomic E-state index is 0.580. The normalized spacial score (nSPS) is 11.4. The largest absolute Gasteiger partial charge is 0.307 e. The summed E-state index contributed by atoms with van der Waals surface area (Å²) in [4.78, 5) is 18.8. The topological polar surface area (TPSA) is 52.9 Å². The molecule has 0 N–H and O–H groups in total. The number of hydrogen-bond donors (Lipinski definition) is 0. The standard InChI is InChI=1S/C58H36N6/c1-59-45-18-12-17-42(31-45)48-34-58(64-54-22-11-9-20-47(54)50-33-41(26-30-56(50)64)44-24-28-52(61-36-44)39-15-6-3-7-16-39)62-37-57(48)63-53-21-10-8-19-46(53)49-32-40(25-29-55(49)63)43-23-27-51(60-35-43)38-13-4-2-5-14-38/h2-37H. The fourth-order valence-corrected chi connectivity index (χ4v) is 9.21. The van der Waals surface area contributed by atoms with Crippen LogP contribution < -0.4 is 0 Å². The number of nitrogens with zero attached hydrogens (tertiary/aromatic N) is 6. The molecule has 0 fully saturated rings. The Morgan fingerprint density at radius 3 is 1.41 bits per heavy atom. The Labute approximate surface area is 369 Å². The summed E-state index contributed by atoms with van der Waals surface area (Å²) in [6, 6.07) is 69.4. The minimum Gasteiger partial charge on any atom is -0.307 e. The molecule has 0 saturated carbocycles. The van der Waals surface area contributed by atoms with Gasteiger partial charge in [0, 0.05) is 61.8 Å². The number of pyridine rings is 3. The van der Waals surface area contributed by atoms with Crippen LogP contribution in [0.1, 0.15) is 0 Å². The first kappa shape index (κ1) is 36.9. The summed E-state index contributed by atoms with van der Waals surface area (Å²) in [6.45, 7) is 7.92. The Morgan fingerprint density at radius 1 is 0.344 bits per heavy atom. The fourth-order valence-electron chi connectivity index (χ4n) is 9.21. The van der Waals surface area contributed by atoms with E-state index in [1.807, 2.05) is 73.2 Å². The van der Waals surface area contributed by atoms with Crippen molar-refractivity contribution >= 4 is 49.3 Å². The van der Waals surface area contributed by atoms with E-state index in [9.17, 15) is 0 Å². The van der Waals surface area contributed by atoms with Crippen molar-refractivity contribution in [2.24, 2.45) is 0 Å². The van der Waals surface area contributed by atoms with Gasteiger partial charge in [0.1, 0.15) is 5.82 Å². The summed E-state index contributed by atoms with van der Waals surface area (Å²) in [5, 5.41) is 4.54. The highest BCUT2D eigenvalue weighted by atomic mass is 15.1. The predicted molar refractivity (Wildman–Crippen MR) is 262 cm³/mol. The summed E-state index contributed by atoms with van der Waals surface area (Å²) in [5.74, 6) is 0.786. The van der Waals surface area contributed by atoms with Crippen molar-refractivity contribution in [2.45, 2.75) is 0 Å². The number of rotatable bonds is 7. The third-order valence-electron chi connectivity index (χ3n) is 12.3. The molecule has 0 amide bonds. The van der Waals surface area contributed by atoms with Gasteiger partial charge in [-0.2, -0.15) is 0 Å². The summed E-state index contributed by atoms with van der Waals surface area (Å²) in [5.41, 5.74) is 16.0. The third kappa shape index (κ3) is 6.22. The Balaban J connectivity index is 1.01. The van der Waals surface area contributed by atoms with Gasteiger partial charge in [0.15, 0.2) is 5.69 Å². The second-order valence-electron chi connectivity index (χ2n) is 16.0. The zero-order chi connectivity index (χ0) is 42.6. The Hall–Kier alpha value is -8.92. The SMILES string of the molecule is [C-]#[N+]c1cccc(-c2cc(-n3c4ccccc4c4cc(-c5ccc(-c6ccccc6)nc5)ccc43)ncc2-n2c3ccccc3c3cc(-c4ccc(-c5ccccc5)nc4)ccc32)c1. The average Bonchev–Trinajstić information content (AvgIpc) is 3.89. The number of aromatic nitrogens is 5. The highest BCUT2D eigenvalue weighted by Gasteiger charge is 2.21. The van der Waals surface area contributed by atoms with Crippen molar-refractivity contribution in [2.75, 3.05) is 0 Å². The smallest absolute Gasteiger partial charge is 0.187 e. The second-order valence-corrected chi connectivity index (χ2v) is 16.0. The quantitative estimate of drug-likeness (QED) is 0.151. The molecule has 0 bridgehead atoms. The van der Waals surface area contributed by atoms with E-state index in [0.717, 1.165) is 111 Å². The minimum atomic E-state index is 0.580. The van der Waals surface area contributed by atoms with E-state index in [1.54, 1.807) is 0 Å². The van der Waals surface area contributed by atoms with E-state index in [4.69, 9.17) is 21.5 Å². The maximum Gasteiger partial charge on any atom is 0.187 e. The number of para-hydroxylation sites is 2. The van der Waals surface area contributed by atoms with Gasteiger partial charge in [0.05, 0.1) is 51.9 Å². The maximum atomic E-state index is 7.92. The molecule has 6 nitrogen and oxygen atoms in total. The lowest BCUT2D eigenvalue weighted by Gasteiger charge is -2.17. The van der Waals surface area contributed by atoms with Crippen LogP contribution in [0.25, 0.3) is 116 Å². The first-order valence-corrected chi connectivity index (χ1v) is 21.3. The van der Waals surface area contributed by atoms with Gasteiger partial charge in [-0.25, -0.2) is 9.83 Å². The van der Waals surface area contributed by atoms with E-state index >= 15 is 0 Å². The van der Waals surface area contributed by atoms with Gasteiger partial charge in [-0.3, -0.25) is 14.5 Å². The zero-order valence-corrected chi connectivity index (χ0v) is 34.5. The Bertz CT molecular complexity index is 3770. The van der Waals surface area contributed by atoms with Crippen molar-refractivity contribution in [1.82, 2.24) is 24.1 Å². The molecule has 12 rings (SSSR count). The van der Waals surface area contributed by atoms with Crippen LogP contribution in [0.15, 0.2) is 219 Å². The van der Waals surface area contributed by atoms with Crippen molar-refractivity contribution < 1.29 is 0 Å². The summed E-state index contributed by atoms with van der Waals surface area (Å²) < 4.78 is 4.57. The van der Waals surface area contributed by atoms with Gasteiger partial charge in [-0.05, 0) is 77.4 Å². The zero-order valence-electron chi connectivity index (χ0n) is 34.5.